The van der Waals surface area contributed by atoms with Gasteiger partial charge in [-0.15, -0.1) is 0 Å². The number of rotatable bonds is 8. The fourth-order valence-corrected chi connectivity index (χ4v) is 1.86. The molecule has 1 rings (SSSR count). The van der Waals surface area contributed by atoms with Gasteiger partial charge in [-0.1, -0.05) is 45.4 Å². The summed E-state index contributed by atoms with van der Waals surface area (Å²) in [6.45, 7) is 7.77. The molecule has 2 nitrogen and oxygen atoms in total. The largest absolute Gasteiger partial charge is 0.364 e. The van der Waals surface area contributed by atoms with Crippen LogP contribution in [-0.4, -0.2) is 18.9 Å². The van der Waals surface area contributed by atoms with Crippen LogP contribution in [-0.2, 0) is 4.79 Å². The number of para-hydroxylation sites is 1. The Morgan fingerprint density at radius 2 is 1.89 bits per heavy atom. The second kappa shape index (κ2) is 7.91. The van der Waals surface area contributed by atoms with E-state index in [4.69, 9.17) is 0 Å². The Bertz CT molecular complexity index is 347. The first-order valence-corrected chi connectivity index (χ1v) is 7.01. The van der Waals surface area contributed by atoms with E-state index in [0.717, 1.165) is 31.5 Å². The zero-order valence-electron chi connectivity index (χ0n) is 11.9. The van der Waals surface area contributed by atoms with E-state index in [2.05, 4.69) is 30.9 Å². The van der Waals surface area contributed by atoms with Crippen LogP contribution < -0.4 is 4.90 Å². The van der Waals surface area contributed by atoms with E-state index >= 15 is 0 Å². The van der Waals surface area contributed by atoms with Crippen molar-refractivity contribution in [3.05, 3.63) is 30.3 Å². The fraction of sp³-hybridized carbons (Fsp3) is 0.562. The molecular weight excluding hydrogens is 222 g/mol. The molecule has 0 radical (unpaired) electrons. The predicted octanol–water partition coefficient (Wildman–Crippen LogP) is 3.91. The molecule has 1 aromatic rings. The maximum atomic E-state index is 12.1. The van der Waals surface area contributed by atoms with Gasteiger partial charge in [0.25, 0.3) is 0 Å². The van der Waals surface area contributed by atoms with Crippen LogP contribution in [0.15, 0.2) is 30.3 Å². The second-order valence-corrected chi connectivity index (χ2v) is 4.89. The lowest BCUT2D eigenvalue weighted by molar-refractivity contribution is -0.121. The van der Waals surface area contributed by atoms with Crippen molar-refractivity contribution < 1.29 is 4.79 Å². The number of ketones is 1. The molecule has 1 atom stereocenters. The molecule has 0 aromatic heterocycles. The summed E-state index contributed by atoms with van der Waals surface area (Å²) in [7, 11) is 0. The number of carbonyl (C=O) groups is 1. The van der Waals surface area contributed by atoms with Gasteiger partial charge in [0.1, 0.15) is 0 Å². The number of benzene rings is 1. The van der Waals surface area contributed by atoms with Crippen LogP contribution >= 0.6 is 0 Å². The molecule has 100 valence electrons. The third-order valence-corrected chi connectivity index (χ3v) is 3.41. The lowest BCUT2D eigenvalue weighted by Gasteiger charge is -2.25. The maximum absolute atomic E-state index is 12.1. The molecule has 0 N–H and O–H groups in total. The average molecular weight is 247 g/mol. The highest BCUT2D eigenvalue weighted by molar-refractivity contribution is 5.85. The molecule has 0 bridgehead atoms. The van der Waals surface area contributed by atoms with Crippen LogP contribution in [0.4, 0.5) is 5.69 Å². The summed E-state index contributed by atoms with van der Waals surface area (Å²) in [5.74, 6) is 0.510. The van der Waals surface area contributed by atoms with Gasteiger partial charge in [0.05, 0.1) is 6.54 Å². The smallest absolute Gasteiger partial charge is 0.154 e. The zero-order chi connectivity index (χ0) is 13.4. The summed E-state index contributed by atoms with van der Waals surface area (Å²) in [4.78, 5) is 14.3. The minimum atomic E-state index is 0.165. The Balaban J connectivity index is 2.70. The number of carbonyl (C=O) groups excluding carboxylic acids is 1. The van der Waals surface area contributed by atoms with Gasteiger partial charge in [-0.25, -0.2) is 0 Å². The van der Waals surface area contributed by atoms with E-state index in [9.17, 15) is 4.79 Å². The van der Waals surface area contributed by atoms with Crippen molar-refractivity contribution >= 4 is 11.5 Å². The van der Waals surface area contributed by atoms with E-state index in [0.29, 0.717) is 12.3 Å². The minimum absolute atomic E-state index is 0.165. The Kier molecular flexibility index (Phi) is 6.48. The number of anilines is 1. The van der Waals surface area contributed by atoms with Gasteiger partial charge in [-0.2, -0.15) is 0 Å². The molecule has 0 amide bonds. The van der Waals surface area contributed by atoms with Crippen molar-refractivity contribution in [1.29, 1.82) is 0 Å². The number of unbranched alkanes of at least 4 members (excludes halogenated alkanes) is 1. The van der Waals surface area contributed by atoms with Gasteiger partial charge in [0.15, 0.2) is 5.78 Å². The van der Waals surface area contributed by atoms with Crippen LogP contribution in [0.2, 0.25) is 0 Å². The van der Waals surface area contributed by atoms with E-state index in [1.807, 2.05) is 25.1 Å². The van der Waals surface area contributed by atoms with Crippen LogP contribution in [0.25, 0.3) is 0 Å². The summed E-state index contributed by atoms with van der Waals surface area (Å²) < 4.78 is 0. The quantitative estimate of drug-likeness (QED) is 0.694. The molecule has 0 saturated heterocycles. The molecular formula is C16H25NO. The van der Waals surface area contributed by atoms with Gasteiger partial charge in [-0.05, 0) is 25.0 Å². The van der Waals surface area contributed by atoms with Gasteiger partial charge in [0, 0.05) is 18.2 Å². The lowest BCUT2D eigenvalue weighted by atomic mass is 10.0. The van der Waals surface area contributed by atoms with Crippen LogP contribution in [0.3, 0.4) is 0 Å². The Labute approximate surface area is 111 Å². The van der Waals surface area contributed by atoms with Crippen LogP contribution in [0.1, 0.15) is 40.0 Å². The van der Waals surface area contributed by atoms with Crippen LogP contribution in [0, 0.1) is 5.92 Å². The van der Waals surface area contributed by atoms with Crippen LogP contribution in [0.5, 0.6) is 0 Å². The van der Waals surface area contributed by atoms with Gasteiger partial charge >= 0.3 is 0 Å². The highest BCUT2D eigenvalue weighted by Crippen LogP contribution is 2.15. The highest BCUT2D eigenvalue weighted by atomic mass is 16.1. The number of hydrogen-bond acceptors (Lipinski definition) is 2. The van der Waals surface area contributed by atoms with Gasteiger partial charge in [-0.3, -0.25) is 4.79 Å². The van der Waals surface area contributed by atoms with E-state index in [1.165, 1.54) is 0 Å². The molecule has 2 heteroatoms. The summed E-state index contributed by atoms with van der Waals surface area (Å²) in [5, 5.41) is 0. The van der Waals surface area contributed by atoms with Crippen molar-refractivity contribution in [3.63, 3.8) is 0 Å². The summed E-state index contributed by atoms with van der Waals surface area (Å²) in [6, 6.07) is 10.2. The Hall–Kier alpha value is -1.31. The standard InChI is InChI=1S/C16H25NO/c1-4-6-12-17(13-16(18)14(3)5-2)15-10-8-7-9-11-15/h7-11,14H,4-6,12-13H2,1-3H3. The van der Waals surface area contributed by atoms with E-state index in [-0.39, 0.29) is 5.92 Å². The van der Waals surface area contributed by atoms with Gasteiger partial charge < -0.3 is 4.90 Å². The molecule has 0 aliphatic rings. The fourth-order valence-electron chi connectivity index (χ4n) is 1.86. The molecule has 0 heterocycles. The molecule has 0 aliphatic heterocycles. The maximum Gasteiger partial charge on any atom is 0.154 e. The van der Waals surface area contributed by atoms with Crippen molar-refractivity contribution in [2.75, 3.05) is 18.0 Å². The van der Waals surface area contributed by atoms with Crippen molar-refractivity contribution in [2.45, 2.75) is 40.0 Å². The molecule has 0 aliphatic carbocycles. The molecule has 1 unspecified atom stereocenters. The topological polar surface area (TPSA) is 20.3 Å². The Morgan fingerprint density at radius 1 is 1.22 bits per heavy atom. The average Bonchev–Trinajstić information content (AvgIpc) is 2.43. The van der Waals surface area contributed by atoms with Gasteiger partial charge in [0.2, 0.25) is 0 Å². The number of Topliss-reactive ketones (excluding diaryl/α,β-unsaturated/α-hetero) is 1. The number of hydrogen-bond donors (Lipinski definition) is 0. The van der Waals surface area contributed by atoms with Crippen molar-refractivity contribution in [2.24, 2.45) is 5.92 Å². The first-order valence-electron chi connectivity index (χ1n) is 7.01. The Morgan fingerprint density at radius 3 is 2.44 bits per heavy atom. The lowest BCUT2D eigenvalue weighted by Crippen LogP contribution is -2.33. The molecule has 0 spiro atoms. The SMILES string of the molecule is CCCCN(CC(=O)C(C)CC)c1ccccc1. The zero-order valence-corrected chi connectivity index (χ0v) is 11.9. The third-order valence-electron chi connectivity index (χ3n) is 3.41. The summed E-state index contributed by atoms with van der Waals surface area (Å²) >= 11 is 0. The normalized spacial score (nSPS) is 12.2. The van der Waals surface area contributed by atoms with Crippen molar-refractivity contribution in [1.82, 2.24) is 0 Å². The molecule has 18 heavy (non-hydrogen) atoms. The van der Waals surface area contributed by atoms with E-state index in [1.54, 1.807) is 0 Å². The molecule has 0 saturated carbocycles. The van der Waals surface area contributed by atoms with E-state index < -0.39 is 0 Å². The number of nitrogens with zero attached hydrogens (tertiary/aromatic N) is 1. The molecule has 1 aromatic carbocycles. The minimum Gasteiger partial charge on any atom is -0.364 e. The van der Waals surface area contributed by atoms with Crippen molar-refractivity contribution in [3.8, 4) is 0 Å². The second-order valence-electron chi connectivity index (χ2n) is 4.89. The molecule has 0 fully saturated rings. The monoisotopic (exact) mass is 247 g/mol. The summed E-state index contributed by atoms with van der Waals surface area (Å²) in [6.07, 6.45) is 3.21. The predicted molar refractivity (Wildman–Crippen MR) is 78.0 cm³/mol. The first kappa shape index (κ1) is 14.7. The summed E-state index contributed by atoms with van der Waals surface area (Å²) in [5.41, 5.74) is 1.16. The third kappa shape index (κ3) is 4.52. The highest BCUT2D eigenvalue weighted by Gasteiger charge is 2.15. The first-order chi connectivity index (χ1) is 8.69.